The molecule has 0 aromatic heterocycles. The molecular weight excluding hydrogens is 252 g/mol. The van der Waals surface area contributed by atoms with Gasteiger partial charge in [0.25, 0.3) is 10.0 Å². The van der Waals surface area contributed by atoms with Gasteiger partial charge in [-0.2, -0.15) is 0 Å². The highest BCUT2D eigenvalue weighted by atomic mass is 32.2. The highest BCUT2D eigenvalue weighted by Gasteiger charge is 2.15. The first-order valence-corrected chi connectivity index (χ1v) is 6.69. The fourth-order valence-electron chi connectivity index (χ4n) is 1.66. The van der Waals surface area contributed by atoms with Crippen molar-refractivity contribution in [3.05, 3.63) is 36.4 Å². The molecule has 6 heteroatoms. The highest BCUT2D eigenvalue weighted by molar-refractivity contribution is 7.90. The van der Waals surface area contributed by atoms with Gasteiger partial charge in [-0.15, -0.1) is 0 Å². The van der Waals surface area contributed by atoms with Gasteiger partial charge in [0.1, 0.15) is 0 Å². The molecule has 0 aliphatic heterocycles. The Morgan fingerprint density at radius 2 is 1.72 bits per heavy atom. The van der Waals surface area contributed by atoms with E-state index in [0.29, 0.717) is 5.69 Å². The Morgan fingerprint density at radius 3 is 2.39 bits per heavy atom. The van der Waals surface area contributed by atoms with Crippen molar-refractivity contribution < 1.29 is 13.2 Å². The summed E-state index contributed by atoms with van der Waals surface area (Å²) >= 11 is 0. The first-order valence-electron chi connectivity index (χ1n) is 5.21. The SMILES string of the molecule is CC(=O)NS(=O)(=O)c1ccc2cc(N)ccc2c1. The average molecular weight is 264 g/mol. The van der Waals surface area contributed by atoms with Crippen LogP contribution in [0.3, 0.4) is 0 Å². The Hall–Kier alpha value is -2.08. The summed E-state index contributed by atoms with van der Waals surface area (Å²) in [5, 5.41) is 1.59. The van der Waals surface area contributed by atoms with E-state index in [2.05, 4.69) is 0 Å². The molecule has 2 rings (SSSR count). The number of rotatable bonds is 2. The molecule has 0 aliphatic carbocycles. The highest BCUT2D eigenvalue weighted by Crippen LogP contribution is 2.21. The van der Waals surface area contributed by atoms with Gasteiger partial charge in [-0.25, -0.2) is 13.1 Å². The van der Waals surface area contributed by atoms with Crippen molar-refractivity contribution in [2.75, 3.05) is 5.73 Å². The average Bonchev–Trinajstić information content (AvgIpc) is 2.26. The van der Waals surface area contributed by atoms with E-state index in [-0.39, 0.29) is 4.90 Å². The number of fused-ring (bicyclic) bond motifs is 1. The lowest BCUT2D eigenvalue weighted by atomic mass is 10.1. The predicted octanol–water partition coefficient (Wildman–Crippen LogP) is 1.25. The Bertz CT molecular complexity index is 723. The first kappa shape index (κ1) is 12.4. The lowest BCUT2D eigenvalue weighted by Gasteiger charge is -2.06. The Morgan fingerprint density at radius 1 is 1.11 bits per heavy atom. The van der Waals surface area contributed by atoms with Crippen LogP contribution in [0.2, 0.25) is 0 Å². The van der Waals surface area contributed by atoms with Crippen LogP contribution < -0.4 is 10.5 Å². The van der Waals surface area contributed by atoms with E-state index in [1.165, 1.54) is 12.1 Å². The predicted molar refractivity (Wildman–Crippen MR) is 69.4 cm³/mol. The minimum Gasteiger partial charge on any atom is -0.399 e. The number of anilines is 1. The van der Waals surface area contributed by atoms with Crippen LogP contribution in [0, 0.1) is 0 Å². The summed E-state index contributed by atoms with van der Waals surface area (Å²) in [6.07, 6.45) is 0. The molecule has 94 valence electrons. The normalized spacial score (nSPS) is 11.4. The Labute approximate surface area is 105 Å². The van der Waals surface area contributed by atoms with Gasteiger partial charge >= 0.3 is 0 Å². The molecule has 0 atom stereocenters. The lowest BCUT2D eigenvalue weighted by Crippen LogP contribution is -2.28. The van der Waals surface area contributed by atoms with Crippen LogP contribution in [0.25, 0.3) is 10.8 Å². The number of hydrogen-bond acceptors (Lipinski definition) is 4. The number of hydrogen-bond donors (Lipinski definition) is 2. The summed E-state index contributed by atoms with van der Waals surface area (Å²) in [6, 6.07) is 9.77. The van der Waals surface area contributed by atoms with E-state index in [9.17, 15) is 13.2 Å². The van der Waals surface area contributed by atoms with Crippen molar-refractivity contribution in [3.63, 3.8) is 0 Å². The molecule has 0 bridgehead atoms. The van der Waals surface area contributed by atoms with Gasteiger partial charge in [0.2, 0.25) is 5.91 Å². The molecule has 2 aromatic carbocycles. The van der Waals surface area contributed by atoms with Crippen LogP contribution in [0.1, 0.15) is 6.92 Å². The number of sulfonamides is 1. The minimum absolute atomic E-state index is 0.0509. The van der Waals surface area contributed by atoms with Crippen molar-refractivity contribution >= 4 is 32.4 Å². The number of benzene rings is 2. The fraction of sp³-hybridized carbons (Fsp3) is 0.0833. The van der Waals surface area contributed by atoms with E-state index in [1.54, 1.807) is 24.3 Å². The third-order valence-electron chi connectivity index (χ3n) is 2.42. The quantitative estimate of drug-likeness (QED) is 0.799. The van der Waals surface area contributed by atoms with Gasteiger partial charge in [0, 0.05) is 12.6 Å². The van der Waals surface area contributed by atoms with E-state index in [0.717, 1.165) is 17.7 Å². The lowest BCUT2D eigenvalue weighted by molar-refractivity contribution is -0.117. The maximum Gasteiger partial charge on any atom is 0.264 e. The zero-order valence-electron chi connectivity index (χ0n) is 9.67. The van der Waals surface area contributed by atoms with E-state index >= 15 is 0 Å². The molecule has 0 aliphatic rings. The van der Waals surface area contributed by atoms with Gasteiger partial charge in [-0.1, -0.05) is 12.1 Å². The van der Waals surface area contributed by atoms with Gasteiger partial charge in [0.05, 0.1) is 4.90 Å². The van der Waals surface area contributed by atoms with Gasteiger partial charge in [0.15, 0.2) is 0 Å². The standard InChI is InChI=1S/C12H12N2O3S/c1-8(15)14-18(16,17)12-5-3-9-6-11(13)4-2-10(9)7-12/h2-7H,13H2,1H3,(H,14,15). The van der Waals surface area contributed by atoms with Gasteiger partial charge < -0.3 is 5.73 Å². The molecule has 0 saturated carbocycles. The zero-order chi connectivity index (χ0) is 13.3. The molecule has 5 nitrogen and oxygen atoms in total. The molecule has 2 aromatic rings. The number of nitrogens with one attached hydrogen (secondary N) is 1. The van der Waals surface area contributed by atoms with E-state index < -0.39 is 15.9 Å². The molecule has 0 saturated heterocycles. The largest absolute Gasteiger partial charge is 0.399 e. The molecule has 0 spiro atoms. The second kappa shape index (κ2) is 4.30. The Balaban J connectivity index is 2.54. The number of carbonyl (C=O) groups is 1. The molecule has 0 heterocycles. The van der Waals surface area contributed by atoms with Crippen LogP contribution in [-0.4, -0.2) is 14.3 Å². The molecule has 1 amide bonds. The maximum absolute atomic E-state index is 11.8. The zero-order valence-corrected chi connectivity index (χ0v) is 10.5. The van der Waals surface area contributed by atoms with Crippen LogP contribution in [0.5, 0.6) is 0 Å². The van der Waals surface area contributed by atoms with E-state index in [1.807, 2.05) is 4.72 Å². The van der Waals surface area contributed by atoms with Crippen LogP contribution >= 0.6 is 0 Å². The molecule has 18 heavy (non-hydrogen) atoms. The molecule has 0 unspecified atom stereocenters. The van der Waals surface area contributed by atoms with Crippen molar-refractivity contribution in [2.45, 2.75) is 11.8 Å². The fourth-order valence-corrected chi connectivity index (χ4v) is 2.68. The van der Waals surface area contributed by atoms with Crippen molar-refractivity contribution in [3.8, 4) is 0 Å². The third kappa shape index (κ3) is 2.43. The molecular formula is C12H12N2O3S. The van der Waals surface area contributed by atoms with Crippen molar-refractivity contribution in [2.24, 2.45) is 0 Å². The van der Waals surface area contributed by atoms with Gasteiger partial charge in [-0.05, 0) is 35.0 Å². The number of nitrogen functional groups attached to an aromatic ring is 1. The topological polar surface area (TPSA) is 89.3 Å². The molecule has 3 N–H and O–H groups in total. The summed E-state index contributed by atoms with van der Waals surface area (Å²) in [5.74, 6) is -0.618. The second-order valence-corrected chi connectivity index (χ2v) is 5.61. The second-order valence-electron chi connectivity index (χ2n) is 3.93. The minimum atomic E-state index is -3.79. The first-order chi connectivity index (χ1) is 8.38. The smallest absolute Gasteiger partial charge is 0.264 e. The summed E-state index contributed by atoms with van der Waals surface area (Å²) in [7, 11) is -3.79. The van der Waals surface area contributed by atoms with E-state index in [4.69, 9.17) is 5.73 Å². The Kier molecular flexibility index (Phi) is 2.96. The summed E-state index contributed by atoms with van der Waals surface area (Å²) in [4.78, 5) is 10.9. The number of nitrogens with two attached hydrogens (primary N) is 1. The van der Waals surface area contributed by atoms with Crippen LogP contribution in [0.4, 0.5) is 5.69 Å². The van der Waals surface area contributed by atoms with Crippen LogP contribution in [0.15, 0.2) is 41.3 Å². The summed E-state index contributed by atoms with van der Waals surface area (Å²) < 4.78 is 25.5. The third-order valence-corrected chi connectivity index (χ3v) is 3.85. The summed E-state index contributed by atoms with van der Waals surface area (Å²) in [6.45, 7) is 1.15. The van der Waals surface area contributed by atoms with Gasteiger partial charge in [-0.3, -0.25) is 4.79 Å². The number of amides is 1. The molecule has 0 fully saturated rings. The summed E-state index contributed by atoms with van der Waals surface area (Å²) in [5.41, 5.74) is 6.25. The monoisotopic (exact) mass is 264 g/mol. The van der Waals surface area contributed by atoms with Crippen LogP contribution in [-0.2, 0) is 14.8 Å². The van der Waals surface area contributed by atoms with Crippen molar-refractivity contribution in [1.29, 1.82) is 0 Å². The van der Waals surface area contributed by atoms with Crippen molar-refractivity contribution in [1.82, 2.24) is 4.72 Å². The molecule has 0 radical (unpaired) electrons. The maximum atomic E-state index is 11.8. The number of carbonyl (C=O) groups excluding carboxylic acids is 1.